The van der Waals surface area contributed by atoms with Crippen LogP contribution in [0.3, 0.4) is 0 Å². The Morgan fingerprint density at radius 3 is 2.32 bits per heavy atom. The fourth-order valence-corrected chi connectivity index (χ4v) is 2.77. The van der Waals surface area contributed by atoms with Crippen LogP contribution in [0.2, 0.25) is 0 Å². The van der Waals surface area contributed by atoms with Crippen LogP contribution in [0.25, 0.3) is 0 Å². The van der Waals surface area contributed by atoms with E-state index < -0.39 is 9.84 Å². The van der Waals surface area contributed by atoms with Gasteiger partial charge in [0.2, 0.25) is 0 Å². The van der Waals surface area contributed by atoms with Gasteiger partial charge in [-0.1, -0.05) is 18.2 Å². The molecule has 0 aliphatic rings. The van der Waals surface area contributed by atoms with Crippen molar-refractivity contribution in [3.05, 3.63) is 46.9 Å². The summed E-state index contributed by atoms with van der Waals surface area (Å²) in [6.45, 7) is 0. The van der Waals surface area contributed by atoms with E-state index in [9.17, 15) is 8.42 Å². The first-order chi connectivity index (χ1) is 8.89. The van der Waals surface area contributed by atoms with Gasteiger partial charge in [0, 0.05) is 6.26 Å². The summed E-state index contributed by atoms with van der Waals surface area (Å²) in [6, 6.07) is 11.9. The van der Waals surface area contributed by atoms with Crippen molar-refractivity contribution in [1.29, 1.82) is 0 Å². The van der Waals surface area contributed by atoms with Gasteiger partial charge in [0.15, 0.2) is 15.6 Å². The molecule has 0 amide bonds. The standard InChI is InChI=1S/C13H12BrNO3S/c1-19(16,17)12-8-4-7-11(13(12)15)18-10-6-3-2-5-9(10)14/h2-8H,15H2,1H3. The minimum atomic E-state index is -3.38. The van der Waals surface area contributed by atoms with Crippen LogP contribution < -0.4 is 10.5 Å². The molecular formula is C13H12BrNO3S. The monoisotopic (exact) mass is 341 g/mol. The van der Waals surface area contributed by atoms with Crippen LogP contribution >= 0.6 is 15.9 Å². The highest BCUT2D eigenvalue weighted by Gasteiger charge is 2.15. The maximum absolute atomic E-state index is 11.6. The highest BCUT2D eigenvalue weighted by Crippen LogP contribution is 2.35. The summed E-state index contributed by atoms with van der Waals surface area (Å²) in [5, 5.41) is 0. The van der Waals surface area contributed by atoms with Crippen molar-refractivity contribution in [3.8, 4) is 11.5 Å². The van der Waals surface area contributed by atoms with Crippen molar-refractivity contribution in [3.63, 3.8) is 0 Å². The fraction of sp³-hybridized carbons (Fsp3) is 0.0769. The van der Waals surface area contributed by atoms with E-state index in [1.54, 1.807) is 18.2 Å². The van der Waals surface area contributed by atoms with Gasteiger partial charge in [-0.25, -0.2) is 8.42 Å². The van der Waals surface area contributed by atoms with E-state index in [4.69, 9.17) is 10.5 Å². The number of anilines is 1. The number of sulfone groups is 1. The molecule has 0 aromatic heterocycles. The van der Waals surface area contributed by atoms with Crippen LogP contribution in [0.4, 0.5) is 5.69 Å². The van der Waals surface area contributed by atoms with Gasteiger partial charge in [-0.3, -0.25) is 0 Å². The number of benzene rings is 2. The number of hydrogen-bond donors (Lipinski definition) is 1. The SMILES string of the molecule is CS(=O)(=O)c1cccc(Oc2ccccc2Br)c1N. The van der Waals surface area contributed by atoms with Crippen molar-refractivity contribution in [2.45, 2.75) is 4.90 Å². The second-order valence-corrected chi connectivity index (χ2v) is 6.81. The van der Waals surface area contributed by atoms with Gasteiger partial charge in [0.05, 0.1) is 15.1 Å². The third kappa shape index (κ3) is 3.08. The van der Waals surface area contributed by atoms with E-state index in [1.165, 1.54) is 6.07 Å². The van der Waals surface area contributed by atoms with E-state index in [2.05, 4.69) is 15.9 Å². The second kappa shape index (κ2) is 5.22. The molecule has 0 saturated carbocycles. The average Bonchev–Trinajstić information content (AvgIpc) is 2.33. The molecule has 2 aromatic carbocycles. The Labute approximate surface area is 120 Å². The van der Waals surface area contributed by atoms with Gasteiger partial charge in [-0.05, 0) is 40.2 Å². The minimum absolute atomic E-state index is 0.0667. The van der Waals surface area contributed by atoms with Crippen LogP contribution in [-0.2, 0) is 9.84 Å². The lowest BCUT2D eigenvalue weighted by atomic mass is 10.3. The Kier molecular flexibility index (Phi) is 3.82. The lowest BCUT2D eigenvalue weighted by molar-refractivity contribution is 0.480. The zero-order chi connectivity index (χ0) is 14.0. The molecule has 100 valence electrons. The molecule has 0 radical (unpaired) electrons. The van der Waals surface area contributed by atoms with Crippen molar-refractivity contribution < 1.29 is 13.2 Å². The first-order valence-corrected chi connectivity index (χ1v) is 8.09. The van der Waals surface area contributed by atoms with Crippen LogP contribution in [0, 0.1) is 0 Å². The lowest BCUT2D eigenvalue weighted by Crippen LogP contribution is -2.03. The number of rotatable bonds is 3. The van der Waals surface area contributed by atoms with E-state index in [-0.39, 0.29) is 10.6 Å². The molecular weight excluding hydrogens is 330 g/mol. The maximum Gasteiger partial charge on any atom is 0.177 e. The fourth-order valence-electron chi connectivity index (χ4n) is 1.58. The van der Waals surface area contributed by atoms with Crippen LogP contribution in [-0.4, -0.2) is 14.7 Å². The number of nitrogen functional groups attached to an aromatic ring is 1. The highest BCUT2D eigenvalue weighted by molar-refractivity contribution is 9.10. The summed E-state index contributed by atoms with van der Waals surface area (Å²) in [5.41, 5.74) is 5.96. The Hall–Kier alpha value is -1.53. The van der Waals surface area contributed by atoms with E-state index in [0.717, 1.165) is 10.7 Å². The predicted octanol–water partition coefficient (Wildman–Crippen LogP) is 3.23. The second-order valence-electron chi connectivity index (χ2n) is 3.97. The van der Waals surface area contributed by atoms with Crippen LogP contribution in [0.15, 0.2) is 51.8 Å². The van der Waals surface area contributed by atoms with Gasteiger partial charge in [-0.2, -0.15) is 0 Å². The molecule has 0 atom stereocenters. The van der Waals surface area contributed by atoms with Crippen LogP contribution in [0.5, 0.6) is 11.5 Å². The quantitative estimate of drug-likeness (QED) is 0.870. The highest BCUT2D eigenvalue weighted by atomic mass is 79.9. The summed E-state index contributed by atoms with van der Waals surface area (Å²) in [4.78, 5) is 0.0667. The summed E-state index contributed by atoms with van der Waals surface area (Å²) in [7, 11) is -3.38. The summed E-state index contributed by atoms with van der Waals surface area (Å²) in [6.07, 6.45) is 1.11. The molecule has 0 saturated heterocycles. The Bertz CT molecular complexity index is 714. The predicted molar refractivity (Wildman–Crippen MR) is 78.2 cm³/mol. The number of ether oxygens (including phenoxy) is 1. The molecule has 0 aliphatic heterocycles. The molecule has 19 heavy (non-hydrogen) atoms. The Morgan fingerprint density at radius 2 is 1.68 bits per heavy atom. The van der Waals surface area contributed by atoms with E-state index >= 15 is 0 Å². The van der Waals surface area contributed by atoms with Gasteiger partial charge in [0.25, 0.3) is 0 Å². The molecule has 4 nitrogen and oxygen atoms in total. The number of nitrogens with two attached hydrogens (primary N) is 1. The molecule has 6 heteroatoms. The first kappa shape index (κ1) is 13.9. The van der Waals surface area contributed by atoms with Gasteiger partial charge >= 0.3 is 0 Å². The minimum Gasteiger partial charge on any atom is -0.454 e. The van der Waals surface area contributed by atoms with Crippen molar-refractivity contribution >= 4 is 31.5 Å². The molecule has 0 fully saturated rings. The largest absolute Gasteiger partial charge is 0.454 e. The summed E-state index contributed by atoms with van der Waals surface area (Å²) in [5.74, 6) is 0.884. The van der Waals surface area contributed by atoms with Gasteiger partial charge in [-0.15, -0.1) is 0 Å². The molecule has 2 rings (SSSR count). The number of halogens is 1. The zero-order valence-electron chi connectivity index (χ0n) is 10.1. The molecule has 0 unspecified atom stereocenters. The lowest BCUT2D eigenvalue weighted by Gasteiger charge is -2.12. The molecule has 0 bridgehead atoms. The topological polar surface area (TPSA) is 69.4 Å². The van der Waals surface area contributed by atoms with Gasteiger partial charge in [0.1, 0.15) is 5.75 Å². The van der Waals surface area contributed by atoms with E-state index in [0.29, 0.717) is 11.5 Å². The molecule has 0 heterocycles. The molecule has 0 aliphatic carbocycles. The van der Waals surface area contributed by atoms with E-state index in [1.807, 2.05) is 18.2 Å². The summed E-state index contributed by atoms with van der Waals surface area (Å²) < 4.78 is 29.6. The third-order valence-corrected chi connectivity index (χ3v) is 4.29. The first-order valence-electron chi connectivity index (χ1n) is 5.40. The van der Waals surface area contributed by atoms with Crippen molar-refractivity contribution in [2.75, 3.05) is 12.0 Å². The Morgan fingerprint density at radius 1 is 1.05 bits per heavy atom. The smallest absolute Gasteiger partial charge is 0.177 e. The summed E-state index contributed by atoms with van der Waals surface area (Å²) >= 11 is 3.35. The Balaban J connectivity index is 2.46. The van der Waals surface area contributed by atoms with Crippen molar-refractivity contribution in [2.24, 2.45) is 0 Å². The van der Waals surface area contributed by atoms with Crippen molar-refractivity contribution in [1.82, 2.24) is 0 Å². The number of hydrogen-bond acceptors (Lipinski definition) is 4. The third-order valence-electron chi connectivity index (χ3n) is 2.48. The zero-order valence-corrected chi connectivity index (χ0v) is 12.5. The maximum atomic E-state index is 11.6. The average molecular weight is 342 g/mol. The molecule has 2 aromatic rings. The van der Waals surface area contributed by atoms with Crippen LogP contribution in [0.1, 0.15) is 0 Å². The normalized spacial score (nSPS) is 11.3. The van der Waals surface area contributed by atoms with Gasteiger partial charge < -0.3 is 10.5 Å². The molecule has 0 spiro atoms. The molecule has 2 N–H and O–H groups in total. The number of para-hydroxylation sites is 2.